The standard InChI is InChI=1S/C25H28ClF3N4O4/c1-14-13-32(20-10-22(36-3)30-12-18(20)26)9-8-21(14)37-17-6-4-16(5-7-17)33-19(11-23(34)35)15(2)24(31-33)25(27,28)29/h4-7,10,12,14-15,19,21H,8-9,11,13H2,1-3H3,(H,34,35)/t14?,15-,19?,21?/m0/s1. The van der Waals surface area contributed by atoms with Crippen LogP contribution in [0.3, 0.4) is 0 Å². The van der Waals surface area contributed by atoms with Crippen LogP contribution in [0.4, 0.5) is 24.5 Å². The van der Waals surface area contributed by atoms with Crippen LogP contribution in [0.5, 0.6) is 11.6 Å². The maximum atomic E-state index is 13.4. The van der Waals surface area contributed by atoms with Crippen LogP contribution in [0.15, 0.2) is 41.6 Å². The van der Waals surface area contributed by atoms with Crippen LogP contribution in [0.2, 0.25) is 5.02 Å². The number of pyridine rings is 1. The number of hydrazone groups is 1. The lowest BCUT2D eigenvalue weighted by Gasteiger charge is -2.38. The van der Waals surface area contributed by atoms with Crippen molar-refractivity contribution in [3.05, 3.63) is 41.6 Å². The van der Waals surface area contributed by atoms with Gasteiger partial charge in [-0.2, -0.15) is 18.3 Å². The monoisotopic (exact) mass is 540 g/mol. The molecule has 12 heteroatoms. The Morgan fingerprint density at radius 3 is 2.54 bits per heavy atom. The number of carbonyl (C=O) groups is 1. The molecular weight excluding hydrogens is 513 g/mol. The summed E-state index contributed by atoms with van der Waals surface area (Å²) in [7, 11) is 1.55. The first-order valence-electron chi connectivity index (χ1n) is 11.9. The number of carboxylic acid groups (broad SMARTS) is 1. The number of nitrogens with zero attached hydrogens (tertiary/aromatic N) is 4. The second-order valence-corrected chi connectivity index (χ2v) is 9.73. The van der Waals surface area contributed by atoms with Gasteiger partial charge in [-0.1, -0.05) is 25.4 Å². The van der Waals surface area contributed by atoms with Crippen molar-refractivity contribution in [1.82, 2.24) is 4.98 Å². The third-order valence-electron chi connectivity index (χ3n) is 6.79. The number of aliphatic carboxylic acids is 1. The Hall–Kier alpha value is -3.21. The fraction of sp³-hybridized carbons (Fsp3) is 0.480. The predicted octanol–water partition coefficient (Wildman–Crippen LogP) is 5.26. The van der Waals surface area contributed by atoms with E-state index in [0.29, 0.717) is 35.4 Å². The first-order valence-corrected chi connectivity index (χ1v) is 12.2. The summed E-state index contributed by atoms with van der Waals surface area (Å²) in [5.74, 6) is -1.06. The fourth-order valence-corrected chi connectivity index (χ4v) is 5.04. The number of alkyl halides is 3. The number of halogens is 4. The molecule has 1 fully saturated rings. The van der Waals surface area contributed by atoms with Crippen molar-refractivity contribution in [3.8, 4) is 11.6 Å². The number of hydrogen-bond acceptors (Lipinski definition) is 7. The molecule has 0 saturated carbocycles. The topological polar surface area (TPSA) is 87.5 Å². The van der Waals surface area contributed by atoms with E-state index in [4.69, 9.17) is 21.1 Å². The molecule has 3 unspecified atom stereocenters. The van der Waals surface area contributed by atoms with Crippen LogP contribution in [-0.4, -0.2) is 60.3 Å². The first-order chi connectivity index (χ1) is 17.5. The van der Waals surface area contributed by atoms with Gasteiger partial charge in [-0.25, -0.2) is 4.98 Å². The molecule has 0 amide bonds. The maximum absolute atomic E-state index is 13.4. The van der Waals surface area contributed by atoms with Crippen molar-refractivity contribution in [2.75, 3.05) is 30.1 Å². The van der Waals surface area contributed by atoms with E-state index in [9.17, 15) is 23.1 Å². The molecule has 3 heterocycles. The van der Waals surface area contributed by atoms with Crippen LogP contribution in [0.1, 0.15) is 26.7 Å². The van der Waals surface area contributed by atoms with E-state index in [1.165, 1.54) is 6.92 Å². The van der Waals surface area contributed by atoms with Crippen molar-refractivity contribution in [2.24, 2.45) is 16.9 Å². The molecule has 2 aromatic rings. The van der Waals surface area contributed by atoms with Gasteiger partial charge in [0.05, 0.1) is 42.2 Å². The van der Waals surface area contributed by atoms with Gasteiger partial charge in [-0.05, 0) is 24.3 Å². The number of piperidine rings is 1. The Kier molecular flexibility index (Phi) is 7.72. The lowest BCUT2D eigenvalue weighted by atomic mass is 9.94. The molecule has 1 N–H and O–H groups in total. The summed E-state index contributed by atoms with van der Waals surface area (Å²) in [4.78, 5) is 17.6. The maximum Gasteiger partial charge on any atom is 0.431 e. The van der Waals surface area contributed by atoms with E-state index in [1.54, 1.807) is 43.6 Å². The molecule has 2 aliphatic rings. The number of benzene rings is 1. The number of carboxylic acids is 1. The number of methoxy groups -OCH3 is 1. The Morgan fingerprint density at radius 2 is 1.95 bits per heavy atom. The van der Waals surface area contributed by atoms with E-state index in [2.05, 4.69) is 21.9 Å². The minimum atomic E-state index is -4.63. The molecule has 37 heavy (non-hydrogen) atoms. The van der Waals surface area contributed by atoms with Gasteiger partial charge in [0.15, 0.2) is 0 Å². The molecule has 1 aromatic carbocycles. The number of hydrogen-bond donors (Lipinski definition) is 1. The van der Waals surface area contributed by atoms with Crippen LogP contribution >= 0.6 is 11.6 Å². The third kappa shape index (κ3) is 5.87. The zero-order valence-electron chi connectivity index (χ0n) is 20.6. The number of anilines is 2. The summed E-state index contributed by atoms with van der Waals surface area (Å²) in [5.41, 5.74) is 0.234. The smallest absolute Gasteiger partial charge is 0.431 e. The molecule has 8 nitrogen and oxygen atoms in total. The first kappa shape index (κ1) is 26.8. The highest BCUT2D eigenvalue weighted by Crippen LogP contribution is 2.37. The molecule has 2 aliphatic heterocycles. The van der Waals surface area contributed by atoms with Crippen LogP contribution in [-0.2, 0) is 4.79 Å². The average molecular weight is 541 g/mol. The van der Waals surface area contributed by atoms with Crippen LogP contribution in [0, 0.1) is 11.8 Å². The van der Waals surface area contributed by atoms with E-state index < -0.39 is 36.2 Å². The molecule has 4 rings (SSSR count). The van der Waals surface area contributed by atoms with E-state index in [-0.39, 0.29) is 12.0 Å². The van der Waals surface area contributed by atoms with Crippen molar-refractivity contribution in [1.29, 1.82) is 0 Å². The quantitative estimate of drug-likeness (QED) is 0.513. The Balaban J connectivity index is 1.44. The fourth-order valence-electron chi connectivity index (χ4n) is 4.82. The van der Waals surface area contributed by atoms with Crippen molar-refractivity contribution in [2.45, 2.75) is 45.0 Å². The van der Waals surface area contributed by atoms with E-state index in [1.807, 2.05) is 0 Å². The summed E-state index contributed by atoms with van der Waals surface area (Å²) in [6.45, 7) is 4.83. The average Bonchev–Trinajstić information content (AvgIpc) is 3.17. The molecule has 4 atom stereocenters. The van der Waals surface area contributed by atoms with Gasteiger partial charge in [0.25, 0.3) is 0 Å². The van der Waals surface area contributed by atoms with Gasteiger partial charge in [-0.3, -0.25) is 9.80 Å². The highest BCUT2D eigenvalue weighted by Gasteiger charge is 2.48. The Bertz CT molecular complexity index is 1160. The normalized spacial score (nSPS) is 24.1. The summed E-state index contributed by atoms with van der Waals surface area (Å²) in [6, 6.07) is 7.40. The van der Waals surface area contributed by atoms with Crippen LogP contribution < -0.4 is 19.4 Å². The number of ether oxygens (including phenoxy) is 2. The molecule has 0 aliphatic carbocycles. The second-order valence-electron chi connectivity index (χ2n) is 9.32. The summed E-state index contributed by atoms with van der Waals surface area (Å²) < 4.78 is 51.7. The minimum Gasteiger partial charge on any atom is -0.490 e. The summed E-state index contributed by atoms with van der Waals surface area (Å²) in [6.07, 6.45) is -2.88. The van der Waals surface area contributed by atoms with Gasteiger partial charge in [-0.15, -0.1) is 0 Å². The molecule has 1 aromatic heterocycles. The third-order valence-corrected chi connectivity index (χ3v) is 7.08. The Labute approximate surface area is 217 Å². The minimum absolute atomic E-state index is 0.0778. The predicted molar refractivity (Wildman–Crippen MR) is 134 cm³/mol. The van der Waals surface area contributed by atoms with Crippen molar-refractivity contribution < 1.29 is 32.5 Å². The summed E-state index contributed by atoms with van der Waals surface area (Å²) in [5, 5.41) is 14.7. The lowest BCUT2D eigenvalue weighted by Crippen LogP contribution is -2.44. The molecule has 0 radical (unpaired) electrons. The zero-order chi connectivity index (χ0) is 26.9. The molecule has 0 bridgehead atoms. The number of aromatic nitrogens is 1. The summed E-state index contributed by atoms with van der Waals surface area (Å²) >= 11 is 6.35. The number of rotatable bonds is 7. The second kappa shape index (κ2) is 10.6. The Morgan fingerprint density at radius 1 is 1.24 bits per heavy atom. The van der Waals surface area contributed by atoms with Crippen molar-refractivity contribution in [3.63, 3.8) is 0 Å². The van der Waals surface area contributed by atoms with Gasteiger partial charge < -0.3 is 19.5 Å². The van der Waals surface area contributed by atoms with Gasteiger partial charge in [0.2, 0.25) is 5.88 Å². The SMILES string of the molecule is COc1cc(N2CCC(Oc3ccc(N4N=C(C(F)(F)F)[C@@H](C)C4CC(=O)O)cc3)C(C)C2)c(Cl)cn1. The van der Waals surface area contributed by atoms with Crippen LogP contribution in [0.25, 0.3) is 0 Å². The molecule has 1 saturated heterocycles. The van der Waals surface area contributed by atoms with E-state index >= 15 is 0 Å². The molecule has 200 valence electrons. The zero-order valence-corrected chi connectivity index (χ0v) is 21.3. The van der Waals surface area contributed by atoms with E-state index in [0.717, 1.165) is 17.1 Å². The van der Waals surface area contributed by atoms with Crippen molar-refractivity contribution >= 4 is 34.7 Å². The van der Waals surface area contributed by atoms with Gasteiger partial charge >= 0.3 is 12.1 Å². The highest BCUT2D eigenvalue weighted by molar-refractivity contribution is 6.33. The highest BCUT2D eigenvalue weighted by atomic mass is 35.5. The lowest BCUT2D eigenvalue weighted by molar-refractivity contribution is -0.137. The molecule has 0 spiro atoms. The van der Waals surface area contributed by atoms with Gasteiger partial charge in [0, 0.05) is 37.4 Å². The molecular formula is C25H28ClF3N4O4. The largest absolute Gasteiger partial charge is 0.490 e. The van der Waals surface area contributed by atoms with Gasteiger partial charge in [0.1, 0.15) is 17.6 Å².